The van der Waals surface area contributed by atoms with E-state index >= 15 is 0 Å². The molecular weight excluding hydrogens is 480 g/mol. The van der Waals surface area contributed by atoms with Crippen molar-refractivity contribution in [2.45, 2.75) is 19.3 Å². The molecule has 3 aromatic carbocycles. The normalized spacial score (nSPS) is 14.7. The van der Waals surface area contributed by atoms with E-state index in [9.17, 15) is 9.59 Å². The molecule has 1 unspecified atom stereocenters. The number of benzene rings is 3. The fourth-order valence-corrected chi connectivity index (χ4v) is 4.62. The summed E-state index contributed by atoms with van der Waals surface area (Å²) >= 11 is 0. The number of ether oxygens (including phenoxy) is 2. The Balaban J connectivity index is 1.72. The van der Waals surface area contributed by atoms with Crippen LogP contribution in [0.5, 0.6) is 11.5 Å². The molecule has 198 valence electrons. The van der Waals surface area contributed by atoms with Gasteiger partial charge in [0.1, 0.15) is 5.92 Å². The van der Waals surface area contributed by atoms with Crippen LogP contribution in [0.15, 0.2) is 71.7 Å². The Labute approximate surface area is 223 Å². The van der Waals surface area contributed by atoms with Gasteiger partial charge >= 0.3 is 0 Å². The van der Waals surface area contributed by atoms with Crippen LogP contribution in [0.25, 0.3) is 0 Å². The minimum absolute atomic E-state index is 0.00593. The highest BCUT2D eigenvalue weighted by Crippen LogP contribution is 2.42. The minimum Gasteiger partial charge on any atom is -0.493 e. The third-order valence-electron chi connectivity index (χ3n) is 6.51. The van der Waals surface area contributed by atoms with Gasteiger partial charge in [-0.15, -0.1) is 0 Å². The summed E-state index contributed by atoms with van der Waals surface area (Å²) in [6.45, 7) is 3.11. The van der Waals surface area contributed by atoms with Crippen molar-refractivity contribution in [3.8, 4) is 11.5 Å². The Morgan fingerprint density at radius 3 is 2.21 bits per heavy atom. The first-order valence-electron chi connectivity index (χ1n) is 12.6. The van der Waals surface area contributed by atoms with Crippen LogP contribution < -0.4 is 19.7 Å². The van der Waals surface area contributed by atoms with Crippen molar-refractivity contribution >= 4 is 34.6 Å². The van der Waals surface area contributed by atoms with E-state index in [0.29, 0.717) is 35.1 Å². The topological polar surface area (TPSA) is 83.5 Å². The number of rotatable bonds is 10. The number of amides is 2. The van der Waals surface area contributed by atoms with Crippen LogP contribution in [0.4, 0.5) is 17.1 Å². The molecule has 1 aliphatic rings. The molecule has 0 saturated heterocycles. The molecule has 8 nitrogen and oxygen atoms in total. The lowest BCUT2D eigenvalue weighted by Crippen LogP contribution is -2.31. The molecular formula is C30H34N4O4. The van der Waals surface area contributed by atoms with Crippen molar-refractivity contribution in [2.24, 2.45) is 4.99 Å². The van der Waals surface area contributed by atoms with Gasteiger partial charge in [-0.3, -0.25) is 14.6 Å². The van der Waals surface area contributed by atoms with Gasteiger partial charge < -0.3 is 24.6 Å². The lowest BCUT2D eigenvalue weighted by molar-refractivity contribution is -0.117. The van der Waals surface area contributed by atoms with E-state index in [2.05, 4.69) is 10.2 Å². The van der Waals surface area contributed by atoms with Gasteiger partial charge in [0.05, 0.1) is 25.6 Å². The van der Waals surface area contributed by atoms with Gasteiger partial charge in [-0.2, -0.15) is 0 Å². The Kier molecular flexibility index (Phi) is 8.43. The van der Waals surface area contributed by atoms with Crippen molar-refractivity contribution in [1.82, 2.24) is 4.90 Å². The van der Waals surface area contributed by atoms with E-state index in [1.54, 1.807) is 32.1 Å². The van der Waals surface area contributed by atoms with Crippen LogP contribution in [0, 0.1) is 0 Å². The van der Waals surface area contributed by atoms with Gasteiger partial charge in [0, 0.05) is 30.9 Å². The molecule has 1 heterocycles. The number of hydrogen-bond donors (Lipinski definition) is 1. The second kappa shape index (κ2) is 11.9. The maximum absolute atomic E-state index is 13.3. The standard InChI is InChI=1S/C30H34N4O4/c1-20(35)34(17-9-16-33(2)3)23-14-12-22(13-15-23)31-29(21-10-7-6-8-11-21)28-24-18-26(37-4)27(38-5)19-25(24)32-30(28)36/h6-8,10-15,18-19,28H,9,16-17H2,1-5H3,(H,32,36). The van der Waals surface area contributed by atoms with Gasteiger partial charge in [0.2, 0.25) is 11.8 Å². The van der Waals surface area contributed by atoms with E-state index in [0.717, 1.165) is 29.8 Å². The maximum Gasteiger partial charge on any atom is 0.238 e. The van der Waals surface area contributed by atoms with Crippen molar-refractivity contribution in [3.63, 3.8) is 0 Å². The van der Waals surface area contributed by atoms with Crippen LogP contribution in [-0.4, -0.2) is 63.8 Å². The molecule has 0 aliphatic carbocycles. The van der Waals surface area contributed by atoms with Crippen LogP contribution in [0.1, 0.15) is 30.4 Å². The summed E-state index contributed by atoms with van der Waals surface area (Å²) in [7, 11) is 7.17. The Hall–Kier alpha value is -4.17. The van der Waals surface area contributed by atoms with Crippen molar-refractivity contribution in [3.05, 3.63) is 77.9 Å². The fourth-order valence-electron chi connectivity index (χ4n) is 4.62. The number of carbonyl (C=O) groups excluding carboxylic acids is 2. The average Bonchev–Trinajstić information content (AvgIpc) is 3.23. The molecule has 38 heavy (non-hydrogen) atoms. The first-order valence-corrected chi connectivity index (χ1v) is 12.6. The van der Waals surface area contributed by atoms with E-state index in [-0.39, 0.29) is 11.8 Å². The number of aliphatic imine (C=N–C) groups is 1. The highest BCUT2D eigenvalue weighted by atomic mass is 16.5. The van der Waals surface area contributed by atoms with Gasteiger partial charge in [0.25, 0.3) is 0 Å². The molecule has 4 rings (SSSR count). The average molecular weight is 515 g/mol. The van der Waals surface area contributed by atoms with E-state index in [1.807, 2.05) is 74.8 Å². The van der Waals surface area contributed by atoms with Crippen molar-refractivity contribution in [1.29, 1.82) is 0 Å². The summed E-state index contributed by atoms with van der Waals surface area (Å²) in [5, 5.41) is 2.97. The molecule has 1 aliphatic heterocycles. The molecule has 1 atom stereocenters. The number of hydrogen-bond acceptors (Lipinski definition) is 6. The van der Waals surface area contributed by atoms with Crippen molar-refractivity contribution < 1.29 is 19.1 Å². The third-order valence-corrected chi connectivity index (χ3v) is 6.51. The highest BCUT2D eigenvalue weighted by molar-refractivity contribution is 6.24. The number of methoxy groups -OCH3 is 2. The van der Waals surface area contributed by atoms with Crippen molar-refractivity contribution in [2.75, 3.05) is 51.6 Å². The van der Waals surface area contributed by atoms with E-state index in [4.69, 9.17) is 14.5 Å². The first-order chi connectivity index (χ1) is 18.3. The lowest BCUT2D eigenvalue weighted by atomic mass is 9.90. The van der Waals surface area contributed by atoms with Gasteiger partial charge in [-0.1, -0.05) is 30.3 Å². The number of anilines is 2. The summed E-state index contributed by atoms with van der Waals surface area (Å²) in [6.07, 6.45) is 0.870. The van der Waals surface area contributed by atoms with E-state index in [1.165, 1.54) is 0 Å². The first kappa shape index (κ1) is 26.9. The van der Waals surface area contributed by atoms with Crippen LogP contribution in [0.2, 0.25) is 0 Å². The fraction of sp³-hybridized carbons (Fsp3) is 0.300. The summed E-state index contributed by atoms with van der Waals surface area (Å²) in [5.41, 5.74) is 4.41. The van der Waals surface area contributed by atoms with Gasteiger partial charge in [0.15, 0.2) is 11.5 Å². The molecule has 0 fully saturated rings. The zero-order valence-electron chi connectivity index (χ0n) is 22.5. The van der Waals surface area contributed by atoms with Gasteiger partial charge in [-0.25, -0.2) is 0 Å². The Morgan fingerprint density at radius 2 is 1.61 bits per heavy atom. The molecule has 3 aromatic rings. The molecule has 1 N–H and O–H groups in total. The summed E-state index contributed by atoms with van der Waals surface area (Å²) in [4.78, 5) is 34.4. The lowest BCUT2D eigenvalue weighted by Gasteiger charge is -2.22. The monoisotopic (exact) mass is 514 g/mol. The molecule has 0 saturated carbocycles. The molecule has 8 heteroatoms. The number of nitrogens with one attached hydrogen (secondary N) is 1. The number of carbonyl (C=O) groups is 2. The number of fused-ring (bicyclic) bond motifs is 1. The number of nitrogens with zero attached hydrogens (tertiary/aromatic N) is 3. The van der Waals surface area contributed by atoms with Crippen LogP contribution in [0.3, 0.4) is 0 Å². The smallest absolute Gasteiger partial charge is 0.238 e. The molecule has 0 aromatic heterocycles. The predicted octanol–water partition coefficient (Wildman–Crippen LogP) is 4.87. The maximum atomic E-state index is 13.3. The summed E-state index contributed by atoms with van der Waals surface area (Å²) < 4.78 is 10.9. The molecule has 0 spiro atoms. The van der Waals surface area contributed by atoms with E-state index < -0.39 is 5.92 Å². The SMILES string of the molecule is COc1cc2c(cc1OC)C(C(=Nc1ccc(N(CCCN(C)C)C(C)=O)cc1)c1ccccc1)C(=O)N2. The highest BCUT2D eigenvalue weighted by Gasteiger charge is 2.36. The largest absolute Gasteiger partial charge is 0.493 e. The molecule has 0 bridgehead atoms. The molecule has 0 radical (unpaired) electrons. The Bertz CT molecular complexity index is 1320. The van der Waals surface area contributed by atoms with Gasteiger partial charge in [-0.05, 0) is 68.5 Å². The predicted molar refractivity (Wildman–Crippen MR) is 151 cm³/mol. The second-order valence-corrected chi connectivity index (χ2v) is 9.42. The summed E-state index contributed by atoms with van der Waals surface area (Å²) in [5.74, 6) is 0.281. The van der Waals surface area contributed by atoms with Crippen LogP contribution >= 0.6 is 0 Å². The third kappa shape index (κ3) is 5.86. The Morgan fingerprint density at radius 1 is 0.947 bits per heavy atom. The van der Waals surface area contributed by atoms with Crippen LogP contribution in [-0.2, 0) is 9.59 Å². The zero-order chi connectivity index (χ0) is 27.2. The minimum atomic E-state index is -0.633. The second-order valence-electron chi connectivity index (χ2n) is 9.42. The molecule has 2 amide bonds. The zero-order valence-corrected chi connectivity index (χ0v) is 22.5. The summed E-state index contributed by atoms with van der Waals surface area (Å²) in [6, 6.07) is 20.8. The quantitative estimate of drug-likeness (QED) is 0.391.